The summed E-state index contributed by atoms with van der Waals surface area (Å²) in [4.78, 5) is 11.8. The normalized spacial score (nSPS) is 12.7. The van der Waals surface area contributed by atoms with E-state index in [-0.39, 0.29) is 11.9 Å². The van der Waals surface area contributed by atoms with E-state index in [4.69, 9.17) is 5.11 Å². The molecule has 1 unspecified atom stereocenters. The molecule has 17 heavy (non-hydrogen) atoms. The predicted molar refractivity (Wildman–Crippen MR) is 66.8 cm³/mol. The summed E-state index contributed by atoms with van der Waals surface area (Å²) in [5, 5.41) is 12.0. The lowest BCUT2D eigenvalue weighted by Crippen LogP contribution is -2.42. The van der Waals surface area contributed by atoms with Gasteiger partial charge in [-0.05, 0) is 24.3 Å². The van der Waals surface area contributed by atoms with Gasteiger partial charge in [-0.25, -0.2) is 4.39 Å². The summed E-state index contributed by atoms with van der Waals surface area (Å²) in [5.41, 5.74) is 0. The van der Waals surface area contributed by atoms with Gasteiger partial charge in [-0.3, -0.25) is 4.79 Å². The van der Waals surface area contributed by atoms with Crippen LogP contribution in [0.3, 0.4) is 0 Å². The van der Waals surface area contributed by atoms with Crippen LogP contribution in [0.2, 0.25) is 0 Å². The van der Waals surface area contributed by atoms with Crippen LogP contribution in [0.15, 0.2) is 29.2 Å². The van der Waals surface area contributed by atoms with E-state index in [1.807, 2.05) is 13.8 Å². The Morgan fingerprint density at radius 1 is 1.41 bits per heavy atom. The number of rotatable bonds is 6. The first kappa shape index (κ1) is 14.0. The van der Waals surface area contributed by atoms with Gasteiger partial charge in [0.1, 0.15) is 11.9 Å². The Morgan fingerprint density at radius 2 is 2.00 bits per heavy atom. The van der Waals surface area contributed by atoms with Gasteiger partial charge in [0, 0.05) is 16.7 Å². The fourth-order valence-electron chi connectivity index (χ4n) is 1.30. The topological polar surface area (TPSA) is 49.3 Å². The van der Waals surface area contributed by atoms with Crippen LogP contribution in [0.4, 0.5) is 4.39 Å². The Balaban J connectivity index is 2.51. The molecular weight excluding hydrogens is 241 g/mol. The molecule has 0 amide bonds. The first-order chi connectivity index (χ1) is 7.99. The number of carboxylic acid groups (broad SMARTS) is 1. The molecule has 1 atom stereocenters. The number of carbonyl (C=O) groups is 1. The molecule has 94 valence electrons. The van der Waals surface area contributed by atoms with Crippen LogP contribution in [0, 0.1) is 5.82 Å². The lowest BCUT2D eigenvalue weighted by Gasteiger charge is -2.16. The van der Waals surface area contributed by atoms with Gasteiger partial charge in [0.15, 0.2) is 0 Å². The van der Waals surface area contributed by atoms with E-state index in [1.54, 1.807) is 12.1 Å². The van der Waals surface area contributed by atoms with Gasteiger partial charge >= 0.3 is 5.97 Å². The number of hydrogen-bond acceptors (Lipinski definition) is 3. The van der Waals surface area contributed by atoms with Gasteiger partial charge < -0.3 is 10.4 Å². The van der Waals surface area contributed by atoms with Crippen molar-refractivity contribution in [2.45, 2.75) is 30.8 Å². The summed E-state index contributed by atoms with van der Waals surface area (Å²) in [6.45, 7) is 3.80. The summed E-state index contributed by atoms with van der Waals surface area (Å²) in [6, 6.07) is 5.56. The number of benzene rings is 1. The summed E-state index contributed by atoms with van der Waals surface area (Å²) < 4.78 is 12.7. The van der Waals surface area contributed by atoms with Crippen molar-refractivity contribution >= 4 is 17.7 Å². The van der Waals surface area contributed by atoms with E-state index in [2.05, 4.69) is 5.32 Å². The molecule has 0 aromatic heterocycles. The third-order valence-corrected chi connectivity index (χ3v) is 3.17. The van der Waals surface area contributed by atoms with Crippen LogP contribution < -0.4 is 5.32 Å². The van der Waals surface area contributed by atoms with Gasteiger partial charge in [-0.15, -0.1) is 11.8 Å². The maximum Gasteiger partial charge on any atom is 0.321 e. The van der Waals surface area contributed by atoms with Crippen molar-refractivity contribution in [1.29, 1.82) is 0 Å². The van der Waals surface area contributed by atoms with E-state index in [0.717, 1.165) is 4.90 Å². The molecule has 1 aromatic carbocycles. The largest absolute Gasteiger partial charge is 0.480 e. The number of thioether (sulfide) groups is 1. The quantitative estimate of drug-likeness (QED) is 0.768. The van der Waals surface area contributed by atoms with Crippen molar-refractivity contribution in [3.05, 3.63) is 30.1 Å². The molecule has 3 nitrogen and oxygen atoms in total. The van der Waals surface area contributed by atoms with E-state index in [0.29, 0.717) is 5.75 Å². The molecule has 0 spiro atoms. The summed E-state index contributed by atoms with van der Waals surface area (Å²) in [6.07, 6.45) is 0. The van der Waals surface area contributed by atoms with Crippen LogP contribution in [0.25, 0.3) is 0 Å². The zero-order chi connectivity index (χ0) is 12.8. The Labute approximate surface area is 104 Å². The standard InChI is InChI=1S/C12H16FNO2S/c1-8(2)14-11(12(15)16)7-17-10-5-3-9(13)4-6-10/h3-6,8,11,14H,7H2,1-2H3,(H,15,16). The monoisotopic (exact) mass is 257 g/mol. The zero-order valence-corrected chi connectivity index (χ0v) is 10.6. The molecule has 1 aromatic rings. The SMILES string of the molecule is CC(C)NC(CSc1ccc(F)cc1)C(=O)O. The molecule has 0 aliphatic carbocycles. The average Bonchev–Trinajstić information content (AvgIpc) is 2.25. The minimum absolute atomic E-state index is 0.116. The first-order valence-electron chi connectivity index (χ1n) is 5.36. The number of halogens is 1. The van der Waals surface area contributed by atoms with Gasteiger partial charge in [-0.1, -0.05) is 13.8 Å². The molecule has 0 aliphatic heterocycles. The molecule has 0 fully saturated rings. The van der Waals surface area contributed by atoms with Crippen LogP contribution in [-0.4, -0.2) is 28.9 Å². The lowest BCUT2D eigenvalue weighted by atomic mass is 10.3. The maximum atomic E-state index is 12.7. The Kier molecular flexibility index (Phi) is 5.44. The molecule has 2 N–H and O–H groups in total. The Morgan fingerprint density at radius 3 is 2.47 bits per heavy atom. The smallest absolute Gasteiger partial charge is 0.321 e. The van der Waals surface area contributed by atoms with Crippen molar-refractivity contribution in [1.82, 2.24) is 5.32 Å². The predicted octanol–water partition coefficient (Wildman–Crippen LogP) is 2.37. The van der Waals surface area contributed by atoms with Crippen molar-refractivity contribution < 1.29 is 14.3 Å². The van der Waals surface area contributed by atoms with Crippen molar-refractivity contribution in [2.75, 3.05) is 5.75 Å². The lowest BCUT2D eigenvalue weighted by molar-refractivity contribution is -0.139. The molecule has 5 heteroatoms. The fraction of sp³-hybridized carbons (Fsp3) is 0.417. The minimum atomic E-state index is -0.867. The third-order valence-electron chi connectivity index (χ3n) is 2.06. The molecule has 0 aliphatic rings. The van der Waals surface area contributed by atoms with Crippen molar-refractivity contribution in [2.24, 2.45) is 0 Å². The van der Waals surface area contributed by atoms with E-state index in [9.17, 15) is 9.18 Å². The van der Waals surface area contributed by atoms with Crippen LogP contribution in [0.5, 0.6) is 0 Å². The molecule has 1 rings (SSSR count). The second-order valence-corrected chi connectivity index (χ2v) is 5.07. The first-order valence-corrected chi connectivity index (χ1v) is 6.35. The van der Waals surface area contributed by atoms with Crippen LogP contribution in [0.1, 0.15) is 13.8 Å². The summed E-state index contributed by atoms with van der Waals surface area (Å²) in [7, 11) is 0. The van der Waals surface area contributed by atoms with E-state index >= 15 is 0 Å². The van der Waals surface area contributed by atoms with Crippen molar-refractivity contribution in [3.8, 4) is 0 Å². The molecule has 0 bridgehead atoms. The average molecular weight is 257 g/mol. The van der Waals surface area contributed by atoms with Gasteiger partial charge in [-0.2, -0.15) is 0 Å². The molecule has 0 saturated heterocycles. The minimum Gasteiger partial charge on any atom is -0.480 e. The van der Waals surface area contributed by atoms with Gasteiger partial charge in [0.2, 0.25) is 0 Å². The zero-order valence-electron chi connectivity index (χ0n) is 9.81. The number of aliphatic carboxylic acids is 1. The van der Waals surface area contributed by atoms with Crippen LogP contribution >= 0.6 is 11.8 Å². The number of nitrogens with one attached hydrogen (secondary N) is 1. The maximum absolute atomic E-state index is 12.7. The second-order valence-electron chi connectivity index (χ2n) is 3.98. The second kappa shape index (κ2) is 6.61. The van der Waals surface area contributed by atoms with Crippen LogP contribution in [-0.2, 0) is 4.79 Å². The highest BCUT2D eigenvalue weighted by atomic mass is 32.2. The number of carboxylic acids is 1. The molecule has 0 heterocycles. The molecule has 0 radical (unpaired) electrons. The highest BCUT2D eigenvalue weighted by Gasteiger charge is 2.17. The third kappa shape index (κ3) is 5.19. The Hall–Kier alpha value is -1.07. The highest BCUT2D eigenvalue weighted by molar-refractivity contribution is 7.99. The summed E-state index contributed by atoms with van der Waals surface area (Å²) >= 11 is 1.40. The Bertz CT molecular complexity index is 367. The molecular formula is C12H16FNO2S. The van der Waals surface area contributed by atoms with E-state index in [1.165, 1.54) is 23.9 Å². The highest BCUT2D eigenvalue weighted by Crippen LogP contribution is 2.19. The van der Waals surface area contributed by atoms with Gasteiger partial charge in [0.05, 0.1) is 0 Å². The number of hydrogen-bond donors (Lipinski definition) is 2. The summed E-state index contributed by atoms with van der Waals surface area (Å²) in [5.74, 6) is -0.739. The fourth-order valence-corrected chi connectivity index (χ4v) is 2.23. The van der Waals surface area contributed by atoms with Crippen molar-refractivity contribution in [3.63, 3.8) is 0 Å². The molecule has 0 saturated carbocycles. The van der Waals surface area contributed by atoms with Gasteiger partial charge in [0.25, 0.3) is 0 Å². The van der Waals surface area contributed by atoms with E-state index < -0.39 is 12.0 Å².